The third kappa shape index (κ3) is 5.07. The van der Waals surface area contributed by atoms with Gasteiger partial charge in [0, 0.05) is 26.2 Å². The molecule has 0 aliphatic rings. The predicted molar refractivity (Wildman–Crippen MR) is 74.0 cm³/mol. The Morgan fingerprint density at radius 2 is 2.13 bits per heavy atom. The van der Waals surface area contributed by atoms with E-state index in [0.717, 1.165) is 8.47 Å². The summed E-state index contributed by atoms with van der Waals surface area (Å²) < 4.78 is 22.9. The second-order valence-electron chi connectivity index (χ2n) is 3.16. The number of halogens is 1. The average Bonchev–Trinajstić information content (AvgIpc) is 2.07. The number of nitrogens with two attached hydrogens (primary N) is 1. The molecule has 0 bridgehead atoms. The largest absolute Gasteiger partial charge is 0.398 e. The monoisotopic (exact) mass is 357 g/mol. The van der Waals surface area contributed by atoms with E-state index in [2.05, 4.69) is 22.6 Å². The van der Waals surface area contributed by atoms with Gasteiger partial charge < -0.3 is 5.73 Å². The smallest absolute Gasteiger partial charge is 0.148 e. The van der Waals surface area contributed by atoms with Crippen LogP contribution in [0.3, 0.4) is 0 Å². The van der Waals surface area contributed by atoms with Gasteiger partial charge in [0.25, 0.3) is 0 Å². The number of hydrogen-bond acceptors (Lipinski definition) is 4. The van der Waals surface area contributed by atoms with E-state index < -0.39 is 9.84 Å². The van der Waals surface area contributed by atoms with Gasteiger partial charge in [0.15, 0.2) is 0 Å². The molecule has 1 rings (SSSR count). The lowest BCUT2D eigenvalue weighted by molar-refractivity contribution is 0.603. The van der Waals surface area contributed by atoms with Crippen LogP contribution >= 0.6 is 34.4 Å². The number of thioether (sulfide) groups is 1. The van der Waals surface area contributed by atoms with Crippen molar-refractivity contribution in [1.29, 1.82) is 0 Å². The summed E-state index contributed by atoms with van der Waals surface area (Å²) in [6.07, 6.45) is 1.24. The summed E-state index contributed by atoms with van der Waals surface area (Å²) >= 11 is 3.66. The van der Waals surface area contributed by atoms with Crippen molar-refractivity contribution >= 4 is 49.9 Å². The molecule has 0 radical (unpaired) electrons. The third-order valence-electron chi connectivity index (χ3n) is 1.68. The van der Waals surface area contributed by atoms with E-state index in [9.17, 15) is 8.42 Å². The summed E-state index contributed by atoms with van der Waals surface area (Å²) in [5, 5.41) is 0. The Balaban J connectivity index is 2.59. The van der Waals surface area contributed by atoms with Crippen molar-refractivity contribution in [1.82, 2.24) is 0 Å². The van der Waals surface area contributed by atoms with Gasteiger partial charge in [-0.25, -0.2) is 8.42 Å². The Kier molecular flexibility index (Phi) is 4.72. The van der Waals surface area contributed by atoms with Crippen molar-refractivity contribution in [3.63, 3.8) is 0 Å². The molecule has 0 spiro atoms. The van der Waals surface area contributed by atoms with Gasteiger partial charge >= 0.3 is 0 Å². The molecule has 0 saturated carbocycles. The molecule has 84 valence electrons. The van der Waals surface area contributed by atoms with Gasteiger partial charge in [0.2, 0.25) is 0 Å². The van der Waals surface area contributed by atoms with E-state index in [4.69, 9.17) is 5.73 Å². The first kappa shape index (κ1) is 13.1. The molecule has 3 nitrogen and oxygen atoms in total. The summed E-state index contributed by atoms with van der Waals surface area (Å²) in [5.41, 5.74) is 6.50. The molecule has 1 aromatic carbocycles. The van der Waals surface area contributed by atoms with Crippen LogP contribution in [-0.4, -0.2) is 26.2 Å². The highest BCUT2D eigenvalue weighted by molar-refractivity contribution is 14.1. The molecule has 0 fully saturated rings. The van der Waals surface area contributed by atoms with Gasteiger partial charge in [-0.3, -0.25) is 0 Å². The van der Waals surface area contributed by atoms with E-state index in [1.54, 1.807) is 0 Å². The lowest BCUT2D eigenvalue weighted by atomic mass is 10.3. The number of rotatable bonds is 4. The topological polar surface area (TPSA) is 60.2 Å². The third-order valence-corrected chi connectivity index (χ3v) is 4.65. The minimum atomic E-state index is -2.88. The van der Waals surface area contributed by atoms with E-state index >= 15 is 0 Å². The fourth-order valence-corrected chi connectivity index (χ4v) is 3.62. The SMILES string of the molecule is CS(=O)(=O)CCSc1ccc(I)cc1N. The Hall–Kier alpha value is 0.0500. The second kappa shape index (κ2) is 5.40. The van der Waals surface area contributed by atoms with Crippen LogP contribution in [0.2, 0.25) is 0 Å². The molecule has 0 unspecified atom stereocenters. The zero-order valence-corrected chi connectivity index (χ0v) is 12.0. The van der Waals surface area contributed by atoms with Crippen LogP contribution in [0.25, 0.3) is 0 Å². The van der Waals surface area contributed by atoms with Crippen molar-refractivity contribution in [3.8, 4) is 0 Å². The second-order valence-corrected chi connectivity index (χ2v) is 7.80. The van der Waals surface area contributed by atoms with Gasteiger partial charge in [0.1, 0.15) is 9.84 Å². The van der Waals surface area contributed by atoms with Crippen LogP contribution < -0.4 is 5.73 Å². The minimum Gasteiger partial charge on any atom is -0.398 e. The maximum absolute atomic E-state index is 10.9. The maximum Gasteiger partial charge on any atom is 0.148 e. The van der Waals surface area contributed by atoms with Crippen LogP contribution in [-0.2, 0) is 9.84 Å². The molecule has 6 heteroatoms. The molecule has 15 heavy (non-hydrogen) atoms. The van der Waals surface area contributed by atoms with Crippen molar-refractivity contribution < 1.29 is 8.42 Å². The van der Waals surface area contributed by atoms with Crippen LogP contribution in [0, 0.1) is 3.57 Å². The molecule has 0 aliphatic heterocycles. The zero-order valence-electron chi connectivity index (χ0n) is 8.23. The normalized spacial score (nSPS) is 11.6. The number of hydrogen-bond donors (Lipinski definition) is 1. The lowest BCUT2D eigenvalue weighted by Crippen LogP contribution is -2.05. The number of anilines is 1. The van der Waals surface area contributed by atoms with Gasteiger partial charge in [-0.15, -0.1) is 11.8 Å². The molecule has 0 aromatic heterocycles. The van der Waals surface area contributed by atoms with E-state index in [1.165, 1.54) is 18.0 Å². The summed E-state index contributed by atoms with van der Waals surface area (Å²) in [4.78, 5) is 0.944. The fraction of sp³-hybridized carbons (Fsp3) is 0.333. The minimum absolute atomic E-state index is 0.184. The highest BCUT2D eigenvalue weighted by Crippen LogP contribution is 2.26. The first-order chi connectivity index (χ1) is 6.88. The molecular formula is C9H12INO2S2. The highest BCUT2D eigenvalue weighted by Gasteiger charge is 2.04. The molecule has 0 atom stereocenters. The number of sulfone groups is 1. The van der Waals surface area contributed by atoms with E-state index in [1.807, 2.05) is 18.2 Å². The first-order valence-electron chi connectivity index (χ1n) is 4.24. The Labute approximate surface area is 108 Å². The standard InChI is InChI=1S/C9H12INO2S2/c1-15(12,13)5-4-14-9-3-2-7(10)6-8(9)11/h2-3,6H,4-5,11H2,1H3. The van der Waals surface area contributed by atoms with Crippen LogP contribution in [0.15, 0.2) is 23.1 Å². The average molecular weight is 357 g/mol. The molecule has 0 amide bonds. The number of benzene rings is 1. The van der Waals surface area contributed by atoms with Crippen LogP contribution in [0.4, 0.5) is 5.69 Å². The first-order valence-corrected chi connectivity index (χ1v) is 8.36. The van der Waals surface area contributed by atoms with E-state index in [-0.39, 0.29) is 5.75 Å². The van der Waals surface area contributed by atoms with Gasteiger partial charge in [-0.2, -0.15) is 0 Å². The van der Waals surface area contributed by atoms with Crippen molar-refractivity contribution in [2.24, 2.45) is 0 Å². The molecule has 0 aliphatic carbocycles. The predicted octanol–water partition coefficient (Wildman–Crippen LogP) is 2.01. The summed E-state index contributed by atoms with van der Waals surface area (Å²) in [7, 11) is -2.88. The van der Waals surface area contributed by atoms with E-state index in [0.29, 0.717) is 11.4 Å². The maximum atomic E-state index is 10.9. The number of nitrogen functional groups attached to an aromatic ring is 1. The molecule has 0 heterocycles. The van der Waals surface area contributed by atoms with Gasteiger partial charge in [-0.05, 0) is 40.8 Å². The van der Waals surface area contributed by atoms with Gasteiger partial charge in [-0.1, -0.05) is 0 Å². The molecular weight excluding hydrogens is 345 g/mol. The van der Waals surface area contributed by atoms with Crippen molar-refractivity contribution in [2.45, 2.75) is 4.90 Å². The van der Waals surface area contributed by atoms with Crippen molar-refractivity contribution in [2.75, 3.05) is 23.5 Å². The summed E-state index contributed by atoms with van der Waals surface area (Å²) in [5.74, 6) is 0.729. The Morgan fingerprint density at radius 1 is 1.47 bits per heavy atom. The highest BCUT2D eigenvalue weighted by atomic mass is 127. The Bertz CT molecular complexity index is 445. The van der Waals surface area contributed by atoms with Gasteiger partial charge in [0.05, 0.1) is 5.75 Å². The van der Waals surface area contributed by atoms with Crippen LogP contribution in [0.5, 0.6) is 0 Å². The fourth-order valence-electron chi connectivity index (χ4n) is 0.954. The van der Waals surface area contributed by atoms with Crippen molar-refractivity contribution in [3.05, 3.63) is 21.8 Å². The Morgan fingerprint density at radius 3 is 2.67 bits per heavy atom. The molecule has 0 saturated heterocycles. The zero-order chi connectivity index (χ0) is 11.5. The van der Waals surface area contributed by atoms with Crippen LogP contribution in [0.1, 0.15) is 0 Å². The lowest BCUT2D eigenvalue weighted by Gasteiger charge is -2.05. The summed E-state index contributed by atoms with van der Waals surface area (Å²) in [6, 6.07) is 5.76. The molecule has 2 N–H and O–H groups in total. The molecule has 1 aromatic rings. The quantitative estimate of drug-likeness (QED) is 0.509. The summed E-state index contributed by atoms with van der Waals surface area (Å²) in [6.45, 7) is 0.